The van der Waals surface area contributed by atoms with Gasteiger partial charge in [0.25, 0.3) is 0 Å². The Labute approximate surface area is 210 Å². The number of aliphatic imine (C=N–C) groups is 2. The molecule has 0 spiro atoms. The van der Waals surface area contributed by atoms with Crippen molar-refractivity contribution < 1.29 is 5.11 Å². The predicted octanol–water partition coefficient (Wildman–Crippen LogP) is 4.55. The van der Waals surface area contributed by atoms with Gasteiger partial charge in [-0.15, -0.1) is 22.5 Å². The highest BCUT2D eigenvalue weighted by molar-refractivity contribution is 6.33. The zero-order valence-electron chi connectivity index (χ0n) is 21.6. The number of allylic oxidation sites excluding steroid dienone is 2. The highest BCUT2D eigenvalue weighted by atomic mass is 16.3. The molecule has 0 amide bonds. The number of amidine groups is 1. The van der Waals surface area contributed by atoms with E-state index in [2.05, 4.69) is 42.9 Å². The third-order valence-electron chi connectivity index (χ3n) is 5.85. The van der Waals surface area contributed by atoms with Crippen molar-refractivity contribution in [3.8, 4) is 18.1 Å². The van der Waals surface area contributed by atoms with Gasteiger partial charge in [-0.3, -0.25) is 9.98 Å². The number of aromatic hydroxyl groups is 1. The Morgan fingerprint density at radius 3 is 2.54 bits per heavy atom. The molecular formula is C28H38N6O. The fourth-order valence-corrected chi connectivity index (χ4v) is 3.53. The summed E-state index contributed by atoms with van der Waals surface area (Å²) in [5, 5.41) is 22.7. The minimum absolute atomic E-state index is 0.0456. The van der Waals surface area contributed by atoms with Gasteiger partial charge >= 0.3 is 0 Å². The van der Waals surface area contributed by atoms with Crippen LogP contribution in [0.2, 0.25) is 0 Å². The van der Waals surface area contributed by atoms with Crippen LogP contribution >= 0.6 is 0 Å². The lowest BCUT2D eigenvalue weighted by Gasteiger charge is -2.28. The molecule has 2 aliphatic rings. The molecule has 0 aromatic heterocycles. The SMILES string of the molecule is C#CC(C)C(C)N=C1C=NC(c2ccc(/C(C=C)=N/N=C(\C)N3CCNCC3)c(O)c2)=CC1.CC. The second kappa shape index (κ2) is 14.0. The van der Waals surface area contributed by atoms with Crippen LogP contribution in [-0.4, -0.2) is 65.7 Å². The minimum Gasteiger partial charge on any atom is -0.507 e. The van der Waals surface area contributed by atoms with Crippen LogP contribution in [0, 0.1) is 18.3 Å². The molecule has 1 aromatic rings. The first kappa shape index (κ1) is 27.7. The van der Waals surface area contributed by atoms with Crippen LogP contribution < -0.4 is 5.32 Å². The summed E-state index contributed by atoms with van der Waals surface area (Å²) in [7, 11) is 0. The number of nitrogens with one attached hydrogen (secondary N) is 1. The summed E-state index contributed by atoms with van der Waals surface area (Å²) < 4.78 is 0. The van der Waals surface area contributed by atoms with Crippen LogP contribution in [0.1, 0.15) is 52.2 Å². The molecule has 1 saturated heterocycles. The van der Waals surface area contributed by atoms with Crippen LogP contribution in [0.15, 0.2) is 57.1 Å². The molecule has 2 heterocycles. The summed E-state index contributed by atoms with van der Waals surface area (Å²) in [5.74, 6) is 3.75. The van der Waals surface area contributed by atoms with Crippen molar-refractivity contribution in [1.29, 1.82) is 0 Å². The van der Waals surface area contributed by atoms with Crippen molar-refractivity contribution in [2.45, 2.75) is 47.1 Å². The second-order valence-corrected chi connectivity index (χ2v) is 8.17. The van der Waals surface area contributed by atoms with Gasteiger partial charge < -0.3 is 15.3 Å². The topological polar surface area (TPSA) is 84.9 Å². The minimum atomic E-state index is 0.0456. The zero-order valence-corrected chi connectivity index (χ0v) is 21.6. The normalized spacial score (nSPS) is 19.3. The number of hydrogen-bond acceptors (Lipinski definition) is 6. The monoisotopic (exact) mass is 474 g/mol. The molecule has 1 aromatic carbocycles. The van der Waals surface area contributed by atoms with E-state index in [9.17, 15) is 5.11 Å². The van der Waals surface area contributed by atoms with Crippen molar-refractivity contribution >= 4 is 29.2 Å². The Kier molecular flexibility index (Phi) is 11.1. The summed E-state index contributed by atoms with van der Waals surface area (Å²) >= 11 is 0. The van der Waals surface area contributed by atoms with E-state index in [1.807, 2.05) is 52.8 Å². The van der Waals surface area contributed by atoms with Gasteiger partial charge in [-0.2, -0.15) is 0 Å². The fraction of sp³-hybridized carbons (Fsp3) is 0.429. The van der Waals surface area contributed by atoms with Gasteiger partial charge in [-0.05, 0) is 39.0 Å². The molecule has 35 heavy (non-hydrogen) atoms. The Morgan fingerprint density at radius 2 is 1.97 bits per heavy atom. The van der Waals surface area contributed by atoms with Gasteiger partial charge in [0, 0.05) is 55.9 Å². The number of nitrogens with zero attached hydrogens (tertiary/aromatic N) is 5. The van der Waals surface area contributed by atoms with E-state index >= 15 is 0 Å². The van der Waals surface area contributed by atoms with Crippen molar-refractivity contribution in [3.05, 3.63) is 48.1 Å². The average molecular weight is 475 g/mol. The Bertz CT molecular complexity index is 1070. The highest BCUT2D eigenvalue weighted by Crippen LogP contribution is 2.27. The number of benzene rings is 1. The molecule has 2 aliphatic heterocycles. The van der Waals surface area contributed by atoms with Crippen LogP contribution in [0.25, 0.3) is 5.70 Å². The number of terminal acetylenes is 1. The van der Waals surface area contributed by atoms with E-state index in [1.165, 1.54) is 0 Å². The van der Waals surface area contributed by atoms with Gasteiger partial charge in [0.1, 0.15) is 11.6 Å². The molecule has 186 valence electrons. The van der Waals surface area contributed by atoms with Gasteiger partial charge in [0.05, 0.1) is 23.2 Å². The lowest BCUT2D eigenvalue weighted by molar-refractivity contribution is 0.355. The maximum atomic E-state index is 10.7. The lowest BCUT2D eigenvalue weighted by atomic mass is 10.0. The van der Waals surface area contributed by atoms with Gasteiger partial charge in [-0.1, -0.05) is 32.6 Å². The van der Waals surface area contributed by atoms with Crippen molar-refractivity contribution in [1.82, 2.24) is 10.2 Å². The average Bonchev–Trinajstić information content (AvgIpc) is 2.91. The molecule has 7 heteroatoms. The van der Waals surface area contributed by atoms with Crippen LogP contribution in [0.5, 0.6) is 5.75 Å². The smallest absolute Gasteiger partial charge is 0.125 e. The summed E-state index contributed by atoms with van der Waals surface area (Å²) in [6.07, 6.45) is 11.5. The Balaban J connectivity index is 0.00000210. The van der Waals surface area contributed by atoms with E-state index in [-0.39, 0.29) is 17.7 Å². The fourth-order valence-electron chi connectivity index (χ4n) is 3.53. The van der Waals surface area contributed by atoms with E-state index in [1.54, 1.807) is 18.4 Å². The number of phenolic OH excluding ortho intramolecular Hbond substituents is 1. The standard InChI is InChI=1S/C26H32N6O.C2H6/c1-6-18(3)19(4)29-22-9-11-25(28-17-22)21-8-10-23(26(33)16-21)24(7-2)31-30-20(5)32-14-12-27-13-15-32;1-2/h1,7-8,10-11,16-19,27,33H,2,9,12-15H2,3-5H3;1-2H3/b29-22?,30-20+,31-24+;. The molecule has 0 aliphatic carbocycles. The lowest BCUT2D eigenvalue weighted by Crippen LogP contribution is -2.45. The first-order valence-electron chi connectivity index (χ1n) is 12.2. The van der Waals surface area contributed by atoms with Crippen LogP contribution in [0.4, 0.5) is 0 Å². The maximum Gasteiger partial charge on any atom is 0.125 e. The molecule has 2 atom stereocenters. The van der Waals surface area contributed by atoms with Crippen LogP contribution in [-0.2, 0) is 0 Å². The largest absolute Gasteiger partial charge is 0.507 e. The molecule has 2 N–H and O–H groups in total. The third-order valence-corrected chi connectivity index (χ3v) is 5.85. The van der Waals surface area contributed by atoms with Gasteiger partial charge in [0.2, 0.25) is 0 Å². The maximum absolute atomic E-state index is 10.7. The van der Waals surface area contributed by atoms with E-state index in [0.717, 1.165) is 49.0 Å². The number of hydrogen-bond donors (Lipinski definition) is 2. The summed E-state index contributed by atoms with van der Waals surface area (Å²) in [6.45, 7) is 17.4. The van der Waals surface area contributed by atoms with Crippen molar-refractivity contribution in [2.75, 3.05) is 26.2 Å². The second-order valence-electron chi connectivity index (χ2n) is 8.17. The summed E-state index contributed by atoms with van der Waals surface area (Å²) in [6, 6.07) is 5.46. The first-order valence-corrected chi connectivity index (χ1v) is 12.2. The number of rotatable bonds is 6. The molecular weight excluding hydrogens is 436 g/mol. The zero-order chi connectivity index (χ0) is 25.8. The Morgan fingerprint density at radius 1 is 1.26 bits per heavy atom. The van der Waals surface area contributed by atoms with E-state index in [4.69, 9.17) is 6.42 Å². The summed E-state index contributed by atoms with van der Waals surface area (Å²) in [4.78, 5) is 11.4. The van der Waals surface area contributed by atoms with Gasteiger partial charge in [-0.25, -0.2) is 0 Å². The number of phenols is 1. The van der Waals surface area contributed by atoms with Crippen molar-refractivity contribution in [2.24, 2.45) is 26.1 Å². The molecule has 2 unspecified atom stereocenters. The van der Waals surface area contributed by atoms with Crippen molar-refractivity contribution in [3.63, 3.8) is 0 Å². The first-order chi connectivity index (χ1) is 16.9. The molecule has 1 fully saturated rings. The quantitative estimate of drug-likeness (QED) is 0.275. The van der Waals surface area contributed by atoms with Crippen LogP contribution in [0.3, 0.4) is 0 Å². The number of piperazine rings is 1. The Hall–Kier alpha value is -3.50. The predicted molar refractivity (Wildman–Crippen MR) is 150 cm³/mol. The highest BCUT2D eigenvalue weighted by Gasteiger charge is 2.14. The third kappa shape index (κ3) is 7.76. The summed E-state index contributed by atoms with van der Waals surface area (Å²) in [5.41, 5.74) is 3.60. The molecule has 3 rings (SSSR count). The molecule has 0 radical (unpaired) electrons. The molecule has 0 saturated carbocycles. The van der Waals surface area contributed by atoms with E-state index in [0.29, 0.717) is 17.7 Å². The van der Waals surface area contributed by atoms with E-state index < -0.39 is 0 Å². The molecule has 7 nitrogen and oxygen atoms in total. The van der Waals surface area contributed by atoms with Gasteiger partial charge in [0.15, 0.2) is 0 Å². The molecule has 0 bridgehead atoms.